The summed E-state index contributed by atoms with van der Waals surface area (Å²) in [6, 6.07) is 11.0. The van der Waals surface area contributed by atoms with E-state index in [2.05, 4.69) is 17.1 Å². The average Bonchev–Trinajstić information content (AvgIpc) is 2.81. The molecular weight excluding hydrogens is 344 g/mol. The van der Waals surface area contributed by atoms with Gasteiger partial charge < -0.3 is 19.3 Å². The minimum absolute atomic E-state index is 0.0474. The van der Waals surface area contributed by atoms with Crippen LogP contribution in [0.3, 0.4) is 0 Å². The molecule has 2 aromatic rings. The topological polar surface area (TPSA) is 72.6 Å². The lowest BCUT2D eigenvalue weighted by Crippen LogP contribution is -2.36. The Kier molecular flexibility index (Phi) is 5.19. The molecule has 27 heavy (non-hydrogen) atoms. The van der Waals surface area contributed by atoms with Crippen molar-refractivity contribution in [2.24, 2.45) is 10.2 Å². The molecule has 3 rings (SSSR count). The molecule has 0 fully saturated rings. The van der Waals surface area contributed by atoms with Crippen LogP contribution in [0.5, 0.6) is 17.2 Å². The Bertz CT molecular complexity index is 914. The molecule has 1 heterocycles. The second kappa shape index (κ2) is 7.40. The number of ether oxygens (including phenoxy) is 3. The van der Waals surface area contributed by atoms with Crippen LogP contribution in [0.1, 0.15) is 37.0 Å². The van der Waals surface area contributed by atoms with Crippen molar-refractivity contribution in [3.8, 4) is 17.2 Å². The molecule has 0 bridgehead atoms. The molecule has 1 aliphatic heterocycles. The number of phenolic OH excluding ortho intramolecular Hbond substituents is 1. The van der Waals surface area contributed by atoms with Crippen molar-refractivity contribution in [3.05, 3.63) is 53.1 Å². The summed E-state index contributed by atoms with van der Waals surface area (Å²) < 4.78 is 16.5. The molecule has 1 unspecified atom stereocenters. The highest BCUT2D eigenvalue weighted by Crippen LogP contribution is 2.39. The molecular formula is C21H24N2O4. The number of phenols is 1. The van der Waals surface area contributed by atoms with Gasteiger partial charge in [0.05, 0.1) is 19.9 Å². The molecule has 0 amide bonds. The monoisotopic (exact) mass is 368 g/mol. The van der Waals surface area contributed by atoms with Gasteiger partial charge in [-0.2, -0.15) is 5.10 Å². The van der Waals surface area contributed by atoms with Gasteiger partial charge in [0.25, 0.3) is 0 Å². The Morgan fingerprint density at radius 2 is 1.78 bits per heavy atom. The molecule has 2 aromatic carbocycles. The lowest BCUT2D eigenvalue weighted by Gasteiger charge is -2.32. The van der Waals surface area contributed by atoms with Crippen LogP contribution in [-0.4, -0.2) is 37.9 Å². The Morgan fingerprint density at radius 1 is 1.00 bits per heavy atom. The van der Waals surface area contributed by atoms with E-state index >= 15 is 0 Å². The van der Waals surface area contributed by atoms with E-state index in [1.165, 1.54) is 7.11 Å². The third-order valence-corrected chi connectivity index (χ3v) is 5.10. The van der Waals surface area contributed by atoms with Gasteiger partial charge in [0, 0.05) is 23.8 Å². The second-order valence-electron chi connectivity index (χ2n) is 6.32. The zero-order chi connectivity index (χ0) is 19.6. The minimum Gasteiger partial charge on any atom is -0.504 e. The first kappa shape index (κ1) is 18.9. The Labute approximate surface area is 159 Å². The number of benzene rings is 2. The molecule has 1 N–H and O–H groups in total. The van der Waals surface area contributed by atoms with E-state index in [9.17, 15) is 5.11 Å². The van der Waals surface area contributed by atoms with Crippen molar-refractivity contribution < 1.29 is 19.3 Å². The fourth-order valence-corrected chi connectivity index (χ4v) is 3.54. The lowest BCUT2D eigenvalue weighted by molar-refractivity contribution is 0.0433. The molecule has 1 atom stereocenters. The van der Waals surface area contributed by atoms with Gasteiger partial charge in [0.2, 0.25) is 0 Å². The van der Waals surface area contributed by atoms with Crippen LogP contribution in [0.4, 0.5) is 0 Å². The smallest absolute Gasteiger partial charge is 0.160 e. The minimum atomic E-state index is -0.705. The fraction of sp³-hybridized carbons (Fsp3) is 0.333. The van der Waals surface area contributed by atoms with E-state index in [0.29, 0.717) is 17.9 Å². The van der Waals surface area contributed by atoms with Crippen LogP contribution in [-0.2, 0) is 10.3 Å². The van der Waals surface area contributed by atoms with Crippen LogP contribution < -0.4 is 9.47 Å². The summed E-state index contributed by atoms with van der Waals surface area (Å²) in [5.74, 6) is 1.18. The predicted molar refractivity (Wildman–Crippen MR) is 105 cm³/mol. The van der Waals surface area contributed by atoms with E-state index in [4.69, 9.17) is 14.2 Å². The zero-order valence-electron chi connectivity index (χ0n) is 16.2. The third kappa shape index (κ3) is 3.06. The van der Waals surface area contributed by atoms with Crippen LogP contribution in [0.15, 0.2) is 46.6 Å². The number of hydrogen-bond donors (Lipinski definition) is 1. The highest BCUT2D eigenvalue weighted by atomic mass is 16.5. The number of hydrogen-bond acceptors (Lipinski definition) is 6. The summed E-state index contributed by atoms with van der Waals surface area (Å²) in [6.45, 7) is 3.96. The van der Waals surface area contributed by atoms with E-state index in [1.54, 1.807) is 26.4 Å². The Balaban J connectivity index is 2.27. The van der Waals surface area contributed by atoms with Crippen LogP contribution in [0, 0.1) is 0 Å². The summed E-state index contributed by atoms with van der Waals surface area (Å²) in [4.78, 5) is 0. The van der Waals surface area contributed by atoms with Gasteiger partial charge in [0.15, 0.2) is 11.5 Å². The summed E-state index contributed by atoms with van der Waals surface area (Å²) in [5.41, 5.74) is 3.25. The number of rotatable bonds is 5. The molecule has 142 valence electrons. The van der Waals surface area contributed by atoms with Crippen LogP contribution >= 0.6 is 0 Å². The maximum Gasteiger partial charge on any atom is 0.160 e. The molecule has 0 saturated carbocycles. The van der Waals surface area contributed by atoms with Crippen molar-refractivity contribution >= 4 is 11.4 Å². The van der Waals surface area contributed by atoms with Gasteiger partial charge in [-0.25, -0.2) is 0 Å². The molecule has 0 aromatic heterocycles. The number of nitrogens with zero attached hydrogens (tertiary/aromatic N) is 2. The van der Waals surface area contributed by atoms with E-state index < -0.39 is 5.60 Å². The lowest BCUT2D eigenvalue weighted by atomic mass is 9.81. The van der Waals surface area contributed by atoms with Crippen molar-refractivity contribution in [3.63, 3.8) is 0 Å². The first-order valence-electron chi connectivity index (χ1n) is 8.74. The summed E-state index contributed by atoms with van der Waals surface area (Å²) in [5, 5.41) is 19.1. The third-order valence-electron chi connectivity index (χ3n) is 5.10. The highest BCUT2D eigenvalue weighted by Gasteiger charge is 2.39. The largest absolute Gasteiger partial charge is 0.504 e. The van der Waals surface area contributed by atoms with Crippen molar-refractivity contribution in [2.45, 2.75) is 25.9 Å². The number of methoxy groups -OCH3 is 3. The van der Waals surface area contributed by atoms with Gasteiger partial charge in [0.1, 0.15) is 17.1 Å². The van der Waals surface area contributed by atoms with Gasteiger partial charge in [-0.15, -0.1) is 5.10 Å². The van der Waals surface area contributed by atoms with E-state index in [1.807, 2.05) is 31.2 Å². The Hall–Kier alpha value is -2.86. The fourth-order valence-electron chi connectivity index (χ4n) is 3.54. The zero-order valence-corrected chi connectivity index (χ0v) is 16.2. The van der Waals surface area contributed by atoms with E-state index in [-0.39, 0.29) is 5.75 Å². The summed E-state index contributed by atoms with van der Waals surface area (Å²) in [7, 11) is 4.83. The predicted octanol–water partition coefficient (Wildman–Crippen LogP) is 3.89. The molecule has 0 radical (unpaired) electrons. The second-order valence-corrected chi connectivity index (χ2v) is 6.32. The maximum atomic E-state index is 10.2. The van der Waals surface area contributed by atoms with Gasteiger partial charge in [-0.3, -0.25) is 0 Å². The molecule has 0 spiro atoms. The van der Waals surface area contributed by atoms with E-state index in [0.717, 1.165) is 28.2 Å². The molecule has 6 nitrogen and oxygen atoms in total. The summed E-state index contributed by atoms with van der Waals surface area (Å²) >= 11 is 0. The quantitative estimate of drug-likeness (QED) is 0.869. The van der Waals surface area contributed by atoms with Crippen molar-refractivity contribution in [1.82, 2.24) is 0 Å². The van der Waals surface area contributed by atoms with Crippen molar-refractivity contribution in [2.75, 3.05) is 21.3 Å². The van der Waals surface area contributed by atoms with Gasteiger partial charge >= 0.3 is 0 Å². The SMILES string of the molecule is CCC1(OC)C(C)=NN=C(c2ccc(OC)c(O)c2)c2ccc(OC)cc21. The molecule has 6 heteroatoms. The standard InChI is InChI=1S/C21H24N2O4/c1-6-21(27-5)13(2)22-23-20(14-7-10-19(26-4)18(24)11-14)16-9-8-15(25-3)12-17(16)21/h7-12,24H,6H2,1-5H3. The normalized spacial score (nSPS) is 18.9. The van der Waals surface area contributed by atoms with Gasteiger partial charge in [-0.05, 0) is 49.7 Å². The van der Waals surface area contributed by atoms with Crippen LogP contribution in [0.25, 0.3) is 0 Å². The first-order valence-corrected chi connectivity index (χ1v) is 8.74. The summed E-state index contributed by atoms with van der Waals surface area (Å²) in [6.07, 6.45) is 0.690. The van der Waals surface area contributed by atoms with Crippen LogP contribution in [0.2, 0.25) is 0 Å². The Morgan fingerprint density at radius 3 is 2.37 bits per heavy atom. The maximum absolute atomic E-state index is 10.2. The number of fused-ring (bicyclic) bond motifs is 1. The van der Waals surface area contributed by atoms with Gasteiger partial charge in [-0.1, -0.05) is 6.92 Å². The molecule has 1 aliphatic rings. The molecule has 0 saturated heterocycles. The first-order chi connectivity index (χ1) is 13.0. The highest BCUT2D eigenvalue weighted by molar-refractivity contribution is 6.16. The van der Waals surface area contributed by atoms with Crippen molar-refractivity contribution in [1.29, 1.82) is 0 Å². The number of aromatic hydroxyl groups is 1. The average molecular weight is 368 g/mol. The molecule has 0 aliphatic carbocycles.